The number of nitrogens with one attached hydrogen (secondary N) is 3. The third-order valence-corrected chi connectivity index (χ3v) is 5.05. The van der Waals surface area contributed by atoms with Gasteiger partial charge in [0.25, 0.3) is 11.7 Å². The van der Waals surface area contributed by atoms with Crippen LogP contribution in [0.15, 0.2) is 48.9 Å². The molecule has 1 amide bonds. The lowest BCUT2D eigenvalue weighted by atomic mass is 10.0. The van der Waals surface area contributed by atoms with E-state index in [0.29, 0.717) is 33.9 Å². The molecule has 8 nitrogen and oxygen atoms in total. The number of amides is 1. The summed E-state index contributed by atoms with van der Waals surface area (Å²) in [5.41, 5.74) is 2.75. The van der Waals surface area contributed by atoms with Gasteiger partial charge >= 0.3 is 0 Å². The highest BCUT2D eigenvalue weighted by Gasteiger charge is 2.22. The zero-order chi connectivity index (χ0) is 22.8. The number of Topliss-reactive ketones (excluding diaryl/α,β-unsaturated/α-hetero) is 1. The van der Waals surface area contributed by atoms with Crippen molar-refractivity contribution in [1.82, 2.24) is 25.3 Å². The van der Waals surface area contributed by atoms with Crippen LogP contribution in [0, 0.1) is 5.82 Å². The van der Waals surface area contributed by atoms with Crippen molar-refractivity contribution in [3.8, 4) is 11.4 Å². The van der Waals surface area contributed by atoms with E-state index >= 15 is 0 Å². The number of ketones is 1. The summed E-state index contributed by atoms with van der Waals surface area (Å²) in [6, 6.07) is 7.64. The number of aromatic amines is 1. The van der Waals surface area contributed by atoms with Crippen molar-refractivity contribution in [2.75, 3.05) is 12.4 Å². The molecule has 0 aliphatic rings. The number of fused-ring (bicyclic) bond motifs is 1. The van der Waals surface area contributed by atoms with Gasteiger partial charge in [-0.15, -0.1) is 0 Å². The molecule has 162 valence electrons. The fraction of sp³-hybridized carbons (Fsp3) is 0.174. The zero-order valence-electron chi connectivity index (χ0n) is 17.7. The molecule has 0 radical (unpaired) electrons. The first kappa shape index (κ1) is 21.1. The molecule has 0 fully saturated rings. The predicted molar refractivity (Wildman–Crippen MR) is 119 cm³/mol. The Bertz CT molecular complexity index is 1310. The van der Waals surface area contributed by atoms with Crippen LogP contribution in [0.5, 0.6) is 0 Å². The smallest absolute Gasteiger partial charge is 0.292 e. The van der Waals surface area contributed by atoms with Gasteiger partial charge in [-0.3, -0.25) is 9.59 Å². The summed E-state index contributed by atoms with van der Waals surface area (Å²) in [6.45, 7) is 4.03. The number of nitrogens with zero attached hydrogens (tertiary/aromatic N) is 3. The van der Waals surface area contributed by atoms with Crippen LogP contribution in [-0.2, 0) is 4.79 Å². The van der Waals surface area contributed by atoms with Gasteiger partial charge in [-0.2, -0.15) is 0 Å². The van der Waals surface area contributed by atoms with Gasteiger partial charge in [0, 0.05) is 36.8 Å². The number of halogens is 1. The first-order chi connectivity index (χ1) is 15.4. The quantitative estimate of drug-likeness (QED) is 0.314. The number of carbonyl (C=O) groups is 2. The molecule has 0 bridgehead atoms. The second-order valence-electron chi connectivity index (χ2n) is 7.48. The molecule has 0 atom stereocenters. The Morgan fingerprint density at radius 1 is 1.09 bits per heavy atom. The Kier molecular flexibility index (Phi) is 5.63. The number of aromatic nitrogens is 4. The average Bonchev–Trinajstić information content (AvgIpc) is 3.23. The Hall–Kier alpha value is -4.14. The molecule has 3 heterocycles. The Morgan fingerprint density at radius 3 is 2.53 bits per heavy atom. The summed E-state index contributed by atoms with van der Waals surface area (Å²) in [4.78, 5) is 40.8. The molecule has 3 N–H and O–H groups in total. The molecule has 4 aromatic rings. The van der Waals surface area contributed by atoms with Gasteiger partial charge in [0.2, 0.25) is 0 Å². The fourth-order valence-electron chi connectivity index (χ4n) is 3.36. The van der Waals surface area contributed by atoms with Crippen molar-refractivity contribution in [3.63, 3.8) is 0 Å². The summed E-state index contributed by atoms with van der Waals surface area (Å²) in [7, 11) is 1.40. The van der Waals surface area contributed by atoms with Crippen LogP contribution in [0.25, 0.3) is 22.4 Å². The maximum Gasteiger partial charge on any atom is 0.292 e. The first-order valence-corrected chi connectivity index (χ1v) is 10.0. The minimum absolute atomic E-state index is 0.107. The predicted octanol–water partition coefficient (Wildman–Crippen LogP) is 3.95. The van der Waals surface area contributed by atoms with E-state index in [1.54, 1.807) is 30.6 Å². The van der Waals surface area contributed by atoms with Crippen LogP contribution in [0.3, 0.4) is 0 Å². The summed E-state index contributed by atoms with van der Waals surface area (Å²) in [5, 5.41) is 6.12. The number of rotatable bonds is 6. The number of pyridine rings is 1. The molecule has 0 saturated heterocycles. The van der Waals surface area contributed by atoms with E-state index in [2.05, 4.69) is 30.6 Å². The van der Waals surface area contributed by atoms with Crippen molar-refractivity contribution >= 4 is 34.2 Å². The van der Waals surface area contributed by atoms with Gasteiger partial charge in [-0.1, -0.05) is 13.8 Å². The van der Waals surface area contributed by atoms with Crippen molar-refractivity contribution in [3.05, 3.63) is 65.9 Å². The minimum atomic E-state index is -0.718. The van der Waals surface area contributed by atoms with Crippen LogP contribution in [0.1, 0.15) is 35.7 Å². The van der Waals surface area contributed by atoms with Crippen LogP contribution >= 0.6 is 0 Å². The Balaban J connectivity index is 1.82. The van der Waals surface area contributed by atoms with E-state index in [1.165, 1.54) is 25.4 Å². The number of carbonyl (C=O) groups excluding carboxylic acids is 2. The van der Waals surface area contributed by atoms with Crippen molar-refractivity contribution < 1.29 is 14.0 Å². The second kappa shape index (κ2) is 8.54. The van der Waals surface area contributed by atoms with Crippen LogP contribution < -0.4 is 10.6 Å². The number of hydrogen-bond donors (Lipinski definition) is 3. The molecular weight excluding hydrogens is 411 g/mol. The maximum absolute atomic E-state index is 13.3. The molecule has 0 aliphatic heterocycles. The number of H-pyrrole nitrogens is 1. The van der Waals surface area contributed by atoms with Crippen molar-refractivity contribution in [2.24, 2.45) is 0 Å². The molecule has 0 aliphatic carbocycles. The van der Waals surface area contributed by atoms with E-state index < -0.39 is 11.7 Å². The van der Waals surface area contributed by atoms with Crippen LogP contribution in [-0.4, -0.2) is 38.7 Å². The lowest BCUT2D eigenvalue weighted by Crippen LogP contribution is -2.27. The molecule has 4 rings (SSSR count). The topological polar surface area (TPSA) is 113 Å². The summed E-state index contributed by atoms with van der Waals surface area (Å²) in [6.07, 6.45) is 4.78. The first-order valence-electron chi connectivity index (χ1n) is 10.0. The Labute approximate surface area is 183 Å². The van der Waals surface area contributed by atoms with Crippen molar-refractivity contribution in [1.29, 1.82) is 0 Å². The molecule has 0 spiro atoms. The highest BCUT2D eigenvalue weighted by molar-refractivity contribution is 6.45. The molecule has 3 aromatic heterocycles. The Morgan fingerprint density at radius 2 is 1.84 bits per heavy atom. The lowest BCUT2D eigenvalue weighted by Gasteiger charge is -2.15. The minimum Gasteiger partial charge on any atom is -0.352 e. The van der Waals surface area contributed by atoms with E-state index in [4.69, 9.17) is 0 Å². The molecule has 9 heteroatoms. The van der Waals surface area contributed by atoms with Gasteiger partial charge in [-0.05, 0) is 36.2 Å². The summed E-state index contributed by atoms with van der Waals surface area (Å²) < 4.78 is 13.3. The third-order valence-electron chi connectivity index (χ3n) is 5.05. The third kappa shape index (κ3) is 3.92. The molecule has 0 saturated carbocycles. The van der Waals surface area contributed by atoms with Crippen molar-refractivity contribution in [2.45, 2.75) is 19.8 Å². The van der Waals surface area contributed by atoms with E-state index in [0.717, 1.165) is 5.56 Å². The highest BCUT2D eigenvalue weighted by atomic mass is 19.1. The molecule has 0 unspecified atom stereocenters. The molecule has 1 aromatic carbocycles. The zero-order valence-corrected chi connectivity index (χ0v) is 17.7. The highest BCUT2D eigenvalue weighted by Crippen LogP contribution is 2.32. The van der Waals surface area contributed by atoms with Crippen LogP contribution in [0.4, 0.5) is 15.9 Å². The van der Waals surface area contributed by atoms with Crippen LogP contribution in [0.2, 0.25) is 0 Å². The molecule has 32 heavy (non-hydrogen) atoms. The SMILES string of the molecule is CNC(=O)C(=O)c1c[nH]c2nccc(Nc3nc(-c4ccc(F)cc4)ncc3C(C)C)c12. The fourth-order valence-corrected chi connectivity index (χ4v) is 3.36. The standard InChI is InChI=1S/C23H21FN6O2/c1-12(2)15-10-27-20(13-4-6-14(24)7-5-13)30-21(15)29-17-8-9-26-22-18(17)16(11-28-22)19(31)23(32)25-3/h4-12H,1-3H3,(H,25,32)(H2,26,27,28,29,30). The number of anilines is 2. The molecular formula is C23H21FN6O2. The van der Waals surface area contributed by atoms with Gasteiger partial charge in [0.1, 0.15) is 17.3 Å². The second-order valence-corrected chi connectivity index (χ2v) is 7.48. The summed E-state index contributed by atoms with van der Waals surface area (Å²) in [5.74, 6) is -0.654. The van der Waals surface area contributed by atoms with E-state index in [1.807, 2.05) is 13.8 Å². The lowest BCUT2D eigenvalue weighted by molar-refractivity contribution is -0.116. The largest absolute Gasteiger partial charge is 0.352 e. The maximum atomic E-state index is 13.3. The van der Waals surface area contributed by atoms with Gasteiger partial charge in [0.15, 0.2) is 5.82 Å². The monoisotopic (exact) mass is 432 g/mol. The van der Waals surface area contributed by atoms with Gasteiger partial charge < -0.3 is 15.6 Å². The average molecular weight is 432 g/mol. The summed E-state index contributed by atoms with van der Waals surface area (Å²) >= 11 is 0. The van der Waals surface area contributed by atoms with Gasteiger partial charge in [0.05, 0.1) is 16.6 Å². The van der Waals surface area contributed by atoms with E-state index in [9.17, 15) is 14.0 Å². The van der Waals surface area contributed by atoms with E-state index in [-0.39, 0.29) is 17.3 Å². The van der Waals surface area contributed by atoms with Gasteiger partial charge in [-0.25, -0.2) is 19.3 Å². The normalized spacial score (nSPS) is 11.0. The number of hydrogen-bond acceptors (Lipinski definition) is 6. The number of benzene rings is 1. The number of likely N-dealkylation sites (N-methyl/N-ethyl adjacent to an activating group) is 1.